The van der Waals surface area contributed by atoms with Crippen LogP contribution in [0.4, 0.5) is 8.78 Å². The van der Waals surface area contributed by atoms with Crippen LogP contribution in [0.3, 0.4) is 0 Å². The third kappa shape index (κ3) is 1.85. The fraction of sp³-hybridized carbons (Fsp3) is 0.375. The minimum absolute atomic E-state index is 0.0746. The molecule has 72 valence electrons. The molecule has 0 fully saturated rings. The van der Waals surface area contributed by atoms with E-state index in [2.05, 4.69) is 9.72 Å². The topological polar surface area (TPSA) is 42.4 Å². The van der Waals surface area contributed by atoms with Gasteiger partial charge in [0, 0.05) is 6.07 Å². The lowest BCUT2D eigenvalue weighted by molar-refractivity contribution is 0.140. The van der Waals surface area contributed by atoms with Gasteiger partial charge in [0.2, 0.25) is 5.88 Å². The number of ether oxygens (including phenoxy) is 1. The SMILES string of the molecule is COc1cc(C)c(O)c(C(F)F)n1. The van der Waals surface area contributed by atoms with Gasteiger partial charge in [0.1, 0.15) is 5.75 Å². The van der Waals surface area contributed by atoms with Crippen molar-refractivity contribution in [2.75, 3.05) is 7.11 Å². The molecule has 5 heteroatoms. The molecule has 1 aromatic heterocycles. The van der Waals surface area contributed by atoms with Crippen molar-refractivity contribution >= 4 is 0 Å². The van der Waals surface area contributed by atoms with Crippen LogP contribution in [-0.2, 0) is 0 Å². The smallest absolute Gasteiger partial charge is 0.284 e. The second kappa shape index (κ2) is 3.55. The number of aromatic hydroxyl groups is 1. The highest BCUT2D eigenvalue weighted by Gasteiger charge is 2.17. The number of nitrogens with zero attached hydrogens (tertiary/aromatic N) is 1. The first-order valence-electron chi connectivity index (χ1n) is 3.59. The van der Waals surface area contributed by atoms with Gasteiger partial charge in [0.05, 0.1) is 7.11 Å². The molecule has 1 N–H and O–H groups in total. The van der Waals surface area contributed by atoms with Crippen molar-refractivity contribution < 1.29 is 18.6 Å². The molecular weight excluding hydrogens is 180 g/mol. The highest BCUT2D eigenvalue weighted by Crippen LogP contribution is 2.31. The minimum Gasteiger partial charge on any atom is -0.506 e. The van der Waals surface area contributed by atoms with Crippen molar-refractivity contribution in [1.82, 2.24) is 4.98 Å². The van der Waals surface area contributed by atoms with Crippen LogP contribution in [0, 0.1) is 6.92 Å². The number of pyridine rings is 1. The second-order valence-corrected chi connectivity index (χ2v) is 2.52. The van der Waals surface area contributed by atoms with E-state index in [0.717, 1.165) is 0 Å². The van der Waals surface area contributed by atoms with Gasteiger partial charge in [0.25, 0.3) is 6.43 Å². The summed E-state index contributed by atoms with van der Waals surface area (Å²) < 4.78 is 29.2. The Bertz CT molecular complexity index is 315. The largest absolute Gasteiger partial charge is 0.506 e. The molecule has 0 aliphatic rings. The number of hydrogen-bond donors (Lipinski definition) is 1. The van der Waals surface area contributed by atoms with Gasteiger partial charge in [-0.3, -0.25) is 0 Å². The average molecular weight is 189 g/mol. The lowest BCUT2D eigenvalue weighted by Gasteiger charge is -2.07. The van der Waals surface area contributed by atoms with Crippen LogP contribution in [0.15, 0.2) is 6.07 Å². The molecule has 1 rings (SSSR count). The fourth-order valence-corrected chi connectivity index (χ4v) is 0.916. The summed E-state index contributed by atoms with van der Waals surface area (Å²) >= 11 is 0. The van der Waals surface area contributed by atoms with E-state index in [4.69, 9.17) is 0 Å². The van der Waals surface area contributed by atoms with Gasteiger partial charge >= 0.3 is 0 Å². The Morgan fingerprint density at radius 3 is 2.62 bits per heavy atom. The van der Waals surface area contributed by atoms with Crippen molar-refractivity contribution in [3.05, 3.63) is 17.3 Å². The van der Waals surface area contributed by atoms with Crippen molar-refractivity contribution in [3.8, 4) is 11.6 Å². The highest BCUT2D eigenvalue weighted by molar-refractivity contribution is 5.39. The summed E-state index contributed by atoms with van der Waals surface area (Å²) in [6, 6.07) is 1.39. The van der Waals surface area contributed by atoms with Crippen LogP contribution in [0.2, 0.25) is 0 Å². The van der Waals surface area contributed by atoms with E-state index < -0.39 is 17.9 Å². The molecule has 0 radical (unpaired) electrons. The molecule has 0 bridgehead atoms. The Hall–Kier alpha value is -1.39. The van der Waals surface area contributed by atoms with Crippen LogP contribution in [0.5, 0.6) is 11.6 Å². The standard InChI is InChI=1S/C8H9F2NO2/c1-4-3-5(13-2)11-6(7(4)12)8(9)10/h3,8,12H,1-2H3. The molecule has 1 heterocycles. The predicted octanol–water partition coefficient (Wildman–Crippen LogP) is 2.04. The van der Waals surface area contributed by atoms with E-state index in [-0.39, 0.29) is 5.88 Å². The molecular formula is C8H9F2NO2. The highest BCUT2D eigenvalue weighted by atomic mass is 19.3. The molecule has 3 nitrogen and oxygen atoms in total. The number of halogens is 2. The molecule has 1 aromatic rings. The molecule has 13 heavy (non-hydrogen) atoms. The number of hydrogen-bond acceptors (Lipinski definition) is 3. The summed E-state index contributed by atoms with van der Waals surface area (Å²) in [5.41, 5.74) is -0.320. The zero-order valence-corrected chi connectivity index (χ0v) is 7.21. The first-order chi connectivity index (χ1) is 6.06. The van der Waals surface area contributed by atoms with Gasteiger partial charge in [-0.05, 0) is 12.5 Å². The molecule has 0 aromatic carbocycles. The van der Waals surface area contributed by atoms with Gasteiger partial charge in [-0.1, -0.05) is 0 Å². The Morgan fingerprint density at radius 2 is 2.15 bits per heavy atom. The van der Waals surface area contributed by atoms with Crippen molar-refractivity contribution in [2.45, 2.75) is 13.3 Å². The van der Waals surface area contributed by atoms with Gasteiger partial charge in [-0.2, -0.15) is 0 Å². The van der Waals surface area contributed by atoms with Crippen LogP contribution in [0.1, 0.15) is 17.7 Å². The summed E-state index contributed by atoms with van der Waals surface area (Å²) in [4.78, 5) is 3.43. The van der Waals surface area contributed by atoms with Gasteiger partial charge in [0.15, 0.2) is 5.69 Å². The summed E-state index contributed by atoms with van der Waals surface area (Å²) in [5, 5.41) is 9.19. The van der Waals surface area contributed by atoms with E-state index in [1.807, 2.05) is 0 Å². The maximum absolute atomic E-state index is 12.2. The zero-order valence-electron chi connectivity index (χ0n) is 7.21. The number of aryl methyl sites for hydroxylation is 1. The maximum atomic E-state index is 12.2. The molecule has 0 aliphatic carbocycles. The van der Waals surface area contributed by atoms with Gasteiger partial charge < -0.3 is 9.84 Å². The summed E-state index contributed by atoms with van der Waals surface area (Å²) in [7, 11) is 1.33. The van der Waals surface area contributed by atoms with Crippen molar-refractivity contribution in [2.24, 2.45) is 0 Å². The fourth-order valence-electron chi connectivity index (χ4n) is 0.916. The van der Waals surface area contributed by atoms with Crippen molar-refractivity contribution in [3.63, 3.8) is 0 Å². The molecule has 0 saturated heterocycles. The van der Waals surface area contributed by atoms with Crippen LogP contribution < -0.4 is 4.74 Å². The van der Waals surface area contributed by atoms with E-state index >= 15 is 0 Å². The first kappa shape index (κ1) is 9.70. The number of methoxy groups -OCH3 is 1. The van der Waals surface area contributed by atoms with Crippen LogP contribution in [-0.4, -0.2) is 17.2 Å². The lowest BCUT2D eigenvalue weighted by atomic mass is 10.2. The first-order valence-corrected chi connectivity index (χ1v) is 3.59. The molecule has 0 saturated carbocycles. The van der Waals surface area contributed by atoms with Gasteiger partial charge in [-0.15, -0.1) is 0 Å². The zero-order chi connectivity index (χ0) is 10.0. The van der Waals surface area contributed by atoms with Crippen molar-refractivity contribution in [1.29, 1.82) is 0 Å². The monoisotopic (exact) mass is 189 g/mol. The molecule has 0 spiro atoms. The quantitative estimate of drug-likeness (QED) is 0.774. The Morgan fingerprint density at radius 1 is 1.54 bits per heavy atom. The van der Waals surface area contributed by atoms with Gasteiger partial charge in [-0.25, -0.2) is 13.8 Å². The Kier molecular flexibility index (Phi) is 2.65. The number of rotatable bonds is 2. The molecule has 0 aliphatic heterocycles. The predicted molar refractivity (Wildman–Crippen MR) is 42.1 cm³/mol. The molecule has 0 amide bonds. The Labute approximate surface area is 74.0 Å². The summed E-state index contributed by atoms with van der Waals surface area (Å²) in [6.45, 7) is 1.51. The van der Waals surface area contributed by atoms with E-state index in [1.165, 1.54) is 20.1 Å². The third-order valence-electron chi connectivity index (χ3n) is 1.60. The number of alkyl halides is 2. The summed E-state index contributed by atoms with van der Waals surface area (Å²) in [5.74, 6) is -0.401. The molecule has 0 unspecified atom stereocenters. The van der Waals surface area contributed by atoms with Crippen LogP contribution in [0.25, 0.3) is 0 Å². The Balaban J connectivity index is 3.25. The minimum atomic E-state index is -2.80. The average Bonchev–Trinajstić information content (AvgIpc) is 2.09. The number of aromatic nitrogens is 1. The second-order valence-electron chi connectivity index (χ2n) is 2.52. The third-order valence-corrected chi connectivity index (χ3v) is 1.60. The molecule has 0 atom stereocenters. The van der Waals surface area contributed by atoms with E-state index in [9.17, 15) is 13.9 Å². The lowest BCUT2D eigenvalue weighted by Crippen LogP contribution is -1.96. The summed E-state index contributed by atoms with van der Waals surface area (Å²) in [6.07, 6.45) is -2.80. The van der Waals surface area contributed by atoms with E-state index in [0.29, 0.717) is 5.56 Å². The van der Waals surface area contributed by atoms with E-state index in [1.54, 1.807) is 0 Å². The van der Waals surface area contributed by atoms with Crippen LogP contribution >= 0.6 is 0 Å². The normalized spacial score (nSPS) is 10.5. The maximum Gasteiger partial charge on any atom is 0.284 e.